The zero-order valence-corrected chi connectivity index (χ0v) is 9.55. The lowest BCUT2D eigenvalue weighted by molar-refractivity contribution is -0.125. The van der Waals surface area contributed by atoms with Crippen molar-refractivity contribution in [3.05, 3.63) is 16.6 Å². The molecular formula is C10H13N3O2S. The average molecular weight is 239 g/mol. The zero-order chi connectivity index (χ0) is 11.4. The van der Waals surface area contributed by atoms with Gasteiger partial charge in [-0.3, -0.25) is 14.6 Å². The molecule has 1 aliphatic rings. The number of hydrogen-bond donors (Lipinski definition) is 2. The minimum absolute atomic E-state index is 0.0393. The van der Waals surface area contributed by atoms with Crippen LogP contribution in [-0.4, -0.2) is 29.4 Å². The summed E-state index contributed by atoms with van der Waals surface area (Å²) in [7, 11) is 0. The Morgan fingerprint density at radius 2 is 2.56 bits per heavy atom. The second-order valence-corrected chi connectivity index (χ2v) is 4.64. The molecule has 86 valence electrons. The highest BCUT2D eigenvalue weighted by Crippen LogP contribution is 2.07. The molecule has 0 aliphatic carbocycles. The van der Waals surface area contributed by atoms with Crippen molar-refractivity contribution in [1.82, 2.24) is 15.6 Å². The predicted molar refractivity (Wildman–Crippen MR) is 60.0 cm³/mol. The Labute approximate surface area is 97.3 Å². The highest BCUT2D eigenvalue weighted by molar-refractivity contribution is 7.09. The summed E-state index contributed by atoms with van der Waals surface area (Å²) in [5, 5.41) is 5.45. The zero-order valence-electron chi connectivity index (χ0n) is 8.73. The van der Waals surface area contributed by atoms with Crippen molar-refractivity contribution in [3.63, 3.8) is 0 Å². The van der Waals surface area contributed by atoms with Gasteiger partial charge in [0.1, 0.15) is 6.04 Å². The van der Waals surface area contributed by atoms with E-state index >= 15 is 0 Å². The number of carbonyl (C=O) groups is 2. The van der Waals surface area contributed by atoms with Gasteiger partial charge in [0.15, 0.2) is 0 Å². The maximum atomic E-state index is 11.6. The van der Waals surface area contributed by atoms with Crippen molar-refractivity contribution in [1.29, 1.82) is 0 Å². The fourth-order valence-electron chi connectivity index (χ4n) is 1.61. The molecular weight excluding hydrogens is 226 g/mol. The van der Waals surface area contributed by atoms with Crippen LogP contribution in [0.4, 0.5) is 0 Å². The lowest BCUT2D eigenvalue weighted by Gasteiger charge is -2.09. The summed E-state index contributed by atoms with van der Waals surface area (Å²) in [6, 6.07) is -0.339. The Bertz CT molecular complexity index is 377. The van der Waals surface area contributed by atoms with E-state index in [4.69, 9.17) is 0 Å². The minimum Gasteiger partial charge on any atom is -0.354 e. The van der Waals surface area contributed by atoms with E-state index in [0.29, 0.717) is 19.4 Å². The summed E-state index contributed by atoms with van der Waals surface area (Å²) in [5.74, 6) is -0.127. The molecule has 0 radical (unpaired) electrons. The second kappa shape index (κ2) is 5.07. The topological polar surface area (TPSA) is 71.1 Å². The van der Waals surface area contributed by atoms with Crippen molar-refractivity contribution in [2.75, 3.05) is 6.54 Å². The van der Waals surface area contributed by atoms with Gasteiger partial charge in [0.25, 0.3) is 0 Å². The van der Waals surface area contributed by atoms with Gasteiger partial charge in [0, 0.05) is 30.5 Å². The normalized spacial score (nSPS) is 19.5. The summed E-state index contributed by atoms with van der Waals surface area (Å²) in [6.07, 6.45) is 3.64. The van der Waals surface area contributed by atoms with Crippen LogP contribution in [0.1, 0.15) is 17.7 Å². The van der Waals surface area contributed by atoms with Crippen molar-refractivity contribution in [3.8, 4) is 0 Å². The van der Waals surface area contributed by atoms with Gasteiger partial charge in [-0.15, -0.1) is 11.3 Å². The summed E-state index contributed by atoms with van der Waals surface area (Å²) in [4.78, 5) is 27.6. The van der Waals surface area contributed by atoms with Crippen LogP contribution >= 0.6 is 11.3 Å². The fourth-order valence-corrected chi connectivity index (χ4v) is 2.21. The van der Waals surface area contributed by atoms with Gasteiger partial charge in [-0.25, -0.2) is 0 Å². The standard InChI is InChI=1S/C10H13N3O2S/c14-9-2-1-8(13-9)10(15)12-4-3-7-5-11-6-16-7/h5-6,8H,1-4H2,(H,12,15)(H,13,14). The smallest absolute Gasteiger partial charge is 0.242 e. The number of nitrogens with zero attached hydrogens (tertiary/aromatic N) is 1. The van der Waals surface area contributed by atoms with Crippen LogP contribution in [0.15, 0.2) is 11.7 Å². The molecule has 2 amide bonds. The monoisotopic (exact) mass is 239 g/mol. The van der Waals surface area contributed by atoms with Gasteiger partial charge in [0.05, 0.1) is 5.51 Å². The third kappa shape index (κ3) is 2.79. The molecule has 2 rings (SSSR count). The number of thiazole rings is 1. The Balaban J connectivity index is 1.70. The lowest BCUT2D eigenvalue weighted by atomic mass is 10.2. The van der Waals surface area contributed by atoms with Crippen LogP contribution in [0.25, 0.3) is 0 Å². The van der Waals surface area contributed by atoms with E-state index in [9.17, 15) is 9.59 Å². The molecule has 1 saturated heterocycles. The fraction of sp³-hybridized carbons (Fsp3) is 0.500. The van der Waals surface area contributed by atoms with Crippen molar-refractivity contribution in [2.45, 2.75) is 25.3 Å². The summed E-state index contributed by atoms with van der Waals surface area (Å²) < 4.78 is 0. The predicted octanol–water partition coefficient (Wildman–Crippen LogP) is 0.0804. The molecule has 2 N–H and O–H groups in total. The first-order valence-corrected chi connectivity index (χ1v) is 6.08. The summed E-state index contributed by atoms with van der Waals surface area (Å²) in [6.45, 7) is 0.591. The number of hydrogen-bond acceptors (Lipinski definition) is 4. The molecule has 6 heteroatoms. The van der Waals surface area contributed by atoms with E-state index in [1.54, 1.807) is 23.0 Å². The minimum atomic E-state index is -0.339. The molecule has 1 aromatic rings. The van der Waals surface area contributed by atoms with Crippen LogP contribution in [0, 0.1) is 0 Å². The molecule has 16 heavy (non-hydrogen) atoms. The average Bonchev–Trinajstić information content (AvgIpc) is 2.89. The van der Waals surface area contributed by atoms with Gasteiger partial charge in [-0.05, 0) is 6.42 Å². The van der Waals surface area contributed by atoms with Crippen LogP contribution < -0.4 is 10.6 Å². The molecule has 1 aromatic heterocycles. The molecule has 0 bridgehead atoms. The van der Waals surface area contributed by atoms with Gasteiger partial charge in [0.2, 0.25) is 11.8 Å². The van der Waals surface area contributed by atoms with Crippen molar-refractivity contribution >= 4 is 23.2 Å². The molecule has 0 saturated carbocycles. The van der Waals surface area contributed by atoms with Crippen LogP contribution in [-0.2, 0) is 16.0 Å². The maximum Gasteiger partial charge on any atom is 0.242 e. The largest absolute Gasteiger partial charge is 0.354 e. The molecule has 5 nitrogen and oxygen atoms in total. The molecule has 2 heterocycles. The number of amides is 2. The van der Waals surface area contributed by atoms with Crippen LogP contribution in [0.2, 0.25) is 0 Å². The second-order valence-electron chi connectivity index (χ2n) is 3.67. The first-order valence-electron chi connectivity index (χ1n) is 5.20. The molecule has 1 unspecified atom stereocenters. The number of rotatable bonds is 4. The number of carbonyl (C=O) groups excluding carboxylic acids is 2. The third-order valence-corrected chi connectivity index (χ3v) is 3.31. The van der Waals surface area contributed by atoms with Gasteiger partial charge < -0.3 is 10.6 Å². The Kier molecular flexibility index (Phi) is 3.51. The van der Waals surface area contributed by atoms with E-state index in [0.717, 1.165) is 11.3 Å². The van der Waals surface area contributed by atoms with E-state index in [1.807, 2.05) is 0 Å². The third-order valence-electron chi connectivity index (χ3n) is 2.47. The van der Waals surface area contributed by atoms with Gasteiger partial charge in [-0.2, -0.15) is 0 Å². The highest BCUT2D eigenvalue weighted by atomic mass is 32.1. The first kappa shape index (κ1) is 11.1. The van der Waals surface area contributed by atoms with Crippen molar-refractivity contribution < 1.29 is 9.59 Å². The van der Waals surface area contributed by atoms with Crippen molar-refractivity contribution in [2.24, 2.45) is 0 Å². The van der Waals surface area contributed by atoms with E-state index in [1.165, 1.54) is 0 Å². The molecule has 0 aromatic carbocycles. The molecule has 1 fully saturated rings. The Morgan fingerprint density at radius 1 is 1.69 bits per heavy atom. The van der Waals surface area contributed by atoms with E-state index in [-0.39, 0.29) is 17.9 Å². The molecule has 1 atom stereocenters. The summed E-state index contributed by atoms with van der Waals surface area (Å²) >= 11 is 1.58. The quantitative estimate of drug-likeness (QED) is 0.781. The first-order chi connectivity index (χ1) is 7.75. The Morgan fingerprint density at radius 3 is 3.19 bits per heavy atom. The number of aromatic nitrogens is 1. The van der Waals surface area contributed by atoms with Gasteiger partial charge in [-0.1, -0.05) is 0 Å². The SMILES string of the molecule is O=C1CCC(C(=O)NCCc2cncs2)N1. The highest BCUT2D eigenvalue weighted by Gasteiger charge is 2.26. The Hall–Kier alpha value is -1.43. The molecule has 1 aliphatic heterocycles. The van der Waals surface area contributed by atoms with Crippen LogP contribution in [0.5, 0.6) is 0 Å². The number of nitrogens with one attached hydrogen (secondary N) is 2. The van der Waals surface area contributed by atoms with Gasteiger partial charge >= 0.3 is 0 Å². The van der Waals surface area contributed by atoms with Crippen LogP contribution in [0.3, 0.4) is 0 Å². The maximum absolute atomic E-state index is 11.6. The molecule has 0 spiro atoms. The van der Waals surface area contributed by atoms with E-state index in [2.05, 4.69) is 15.6 Å². The summed E-state index contributed by atoms with van der Waals surface area (Å²) in [5.41, 5.74) is 1.77. The lowest BCUT2D eigenvalue weighted by Crippen LogP contribution is -2.42. The van der Waals surface area contributed by atoms with E-state index < -0.39 is 0 Å².